The summed E-state index contributed by atoms with van der Waals surface area (Å²) in [6.45, 7) is 1.66. The van der Waals surface area contributed by atoms with E-state index in [9.17, 15) is 14.7 Å². The van der Waals surface area contributed by atoms with E-state index in [0.717, 1.165) is 0 Å². The number of anilines is 1. The van der Waals surface area contributed by atoms with Gasteiger partial charge in [-0.25, -0.2) is 0 Å². The van der Waals surface area contributed by atoms with Crippen molar-refractivity contribution in [1.82, 2.24) is 5.32 Å². The second-order valence-electron chi connectivity index (χ2n) is 4.57. The fraction of sp³-hybridized carbons (Fsp3) is 0.429. The Bertz CT molecular complexity index is 530. The molecule has 1 heterocycles. The van der Waals surface area contributed by atoms with Crippen molar-refractivity contribution in [3.05, 3.63) is 23.8 Å². The highest BCUT2D eigenvalue weighted by atomic mass is 16.5. The lowest BCUT2D eigenvalue weighted by molar-refractivity contribution is -0.128. The molecule has 0 spiro atoms. The summed E-state index contributed by atoms with van der Waals surface area (Å²) in [7, 11) is 1.52. The van der Waals surface area contributed by atoms with Crippen LogP contribution in [0, 0.1) is 0 Å². The Morgan fingerprint density at radius 3 is 2.85 bits per heavy atom. The summed E-state index contributed by atoms with van der Waals surface area (Å²) in [6.07, 6.45) is -0.0447. The normalized spacial score (nSPS) is 17.4. The monoisotopic (exact) mass is 278 g/mol. The molecule has 2 N–H and O–H groups in total. The Labute approximate surface area is 117 Å². The van der Waals surface area contributed by atoms with Crippen LogP contribution in [0.5, 0.6) is 5.75 Å². The number of carbonyl (C=O) groups is 2. The average Bonchev–Trinajstić information content (AvgIpc) is 2.48. The summed E-state index contributed by atoms with van der Waals surface area (Å²) in [5.41, 5.74) is 1.19. The molecule has 0 saturated carbocycles. The summed E-state index contributed by atoms with van der Waals surface area (Å²) in [6, 6.07) is 5.12. The van der Waals surface area contributed by atoms with Gasteiger partial charge in [-0.2, -0.15) is 0 Å². The average molecular weight is 278 g/mol. The van der Waals surface area contributed by atoms with Crippen LogP contribution in [0.4, 0.5) is 5.69 Å². The van der Waals surface area contributed by atoms with Gasteiger partial charge in [0, 0.05) is 7.05 Å². The van der Waals surface area contributed by atoms with E-state index in [0.29, 0.717) is 23.4 Å². The molecule has 1 aromatic carbocycles. The molecule has 0 aromatic heterocycles. The highest BCUT2D eigenvalue weighted by Gasteiger charge is 2.34. The first-order chi connectivity index (χ1) is 9.60. The lowest BCUT2D eigenvalue weighted by atomic mass is 10.1. The zero-order valence-corrected chi connectivity index (χ0v) is 11.5. The van der Waals surface area contributed by atoms with Gasteiger partial charge in [-0.1, -0.05) is 13.0 Å². The summed E-state index contributed by atoms with van der Waals surface area (Å²) < 4.78 is 5.63. The second-order valence-corrected chi connectivity index (χ2v) is 4.57. The first-order valence-electron chi connectivity index (χ1n) is 6.53. The van der Waals surface area contributed by atoms with E-state index in [2.05, 4.69) is 5.32 Å². The van der Waals surface area contributed by atoms with Gasteiger partial charge in [0.15, 0.2) is 6.10 Å². The van der Waals surface area contributed by atoms with Crippen LogP contribution >= 0.6 is 0 Å². The number of hydrogen-bond acceptors (Lipinski definition) is 4. The van der Waals surface area contributed by atoms with E-state index in [-0.39, 0.29) is 25.0 Å². The number of benzene rings is 1. The number of nitrogens with one attached hydrogen (secondary N) is 1. The number of aliphatic hydroxyl groups excluding tert-OH is 1. The fourth-order valence-corrected chi connectivity index (χ4v) is 2.11. The molecule has 2 rings (SSSR count). The quantitative estimate of drug-likeness (QED) is 0.837. The Morgan fingerprint density at radius 1 is 1.50 bits per heavy atom. The predicted molar refractivity (Wildman–Crippen MR) is 73.5 cm³/mol. The van der Waals surface area contributed by atoms with E-state index in [1.807, 2.05) is 6.92 Å². The molecule has 0 fully saturated rings. The number of nitrogens with zero attached hydrogens (tertiary/aromatic N) is 1. The van der Waals surface area contributed by atoms with Crippen molar-refractivity contribution in [2.24, 2.45) is 0 Å². The Hall–Kier alpha value is -2.08. The molecule has 0 radical (unpaired) electrons. The SMILES string of the molecule is CCC1Oc2ccc(CO)cc2N(CC(=O)NC)C1=O. The topological polar surface area (TPSA) is 78.9 Å². The van der Waals surface area contributed by atoms with E-state index in [1.54, 1.807) is 18.2 Å². The summed E-state index contributed by atoms with van der Waals surface area (Å²) in [5.74, 6) is 0.0618. The molecule has 1 aromatic rings. The highest BCUT2D eigenvalue weighted by Crippen LogP contribution is 2.35. The van der Waals surface area contributed by atoms with Gasteiger partial charge in [-0.15, -0.1) is 0 Å². The van der Waals surface area contributed by atoms with Crippen LogP contribution in [-0.2, 0) is 16.2 Å². The first-order valence-corrected chi connectivity index (χ1v) is 6.53. The number of ether oxygens (including phenoxy) is 1. The van der Waals surface area contributed by atoms with E-state index in [4.69, 9.17) is 4.74 Å². The van der Waals surface area contributed by atoms with Gasteiger partial charge >= 0.3 is 0 Å². The van der Waals surface area contributed by atoms with Gasteiger partial charge in [0.2, 0.25) is 5.91 Å². The number of likely N-dealkylation sites (N-methyl/N-ethyl adjacent to an activating group) is 1. The minimum Gasteiger partial charge on any atom is -0.478 e. The van der Waals surface area contributed by atoms with Gasteiger partial charge < -0.3 is 15.2 Å². The van der Waals surface area contributed by atoms with Crippen molar-refractivity contribution < 1.29 is 19.4 Å². The molecule has 0 aliphatic carbocycles. The second kappa shape index (κ2) is 5.92. The number of rotatable bonds is 4. The number of amides is 2. The maximum absolute atomic E-state index is 12.3. The molecule has 1 aliphatic heterocycles. The molecule has 1 atom stereocenters. The van der Waals surface area contributed by atoms with E-state index >= 15 is 0 Å². The predicted octanol–water partition coefficient (Wildman–Crippen LogP) is 0.429. The summed E-state index contributed by atoms with van der Waals surface area (Å²) in [5, 5.41) is 11.7. The molecule has 0 saturated heterocycles. The fourth-order valence-electron chi connectivity index (χ4n) is 2.11. The summed E-state index contributed by atoms with van der Waals surface area (Å²) in [4.78, 5) is 25.3. The van der Waals surface area contributed by atoms with Crippen molar-refractivity contribution in [3.63, 3.8) is 0 Å². The van der Waals surface area contributed by atoms with Crippen molar-refractivity contribution in [2.75, 3.05) is 18.5 Å². The lowest BCUT2D eigenvalue weighted by Crippen LogP contribution is -2.49. The van der Waals surface area contributed by atoms with E-state index < -0.39 is 6.10 Å². The van der Waals surface area contributed by atoms with Crippen LogP contribution in [0.3, 0.4) is 0 Å². The molecule has 6 nitrogen and oxygen atoms in total. The number of carbonyl (C=O) groups excluding carboxylic acids is 2. The Kier molecular flexibility index (Phi) is 4.24. The van der Waals surface area contributed by atoms with Crippen LogP contribution in [0.25, 0.3) is 0 Å². The summed E-state index contributed by atoms with van der Waals surface area (Å²) >= 11 is 0. The largest absolute Gasteiger partial charge is 0.478 e. The molecule has 20 heavy (non-hydrogen) atoms. The van der Waals surface area contributed by atoms with Crippen LogP contribution in [0.15, 0.2) is 18.2 Å². The minimum atomic E-state index is -0.577. The zero-order valence-electron chi connectivity index (χ0n) is 11.5. The Morgan fingerprint density at radius 2 is 2.25 bits per heavy atom. The van der Waals surface area contributed by atoms with Crippen LogP contribution in [0.2, 0.25) is 0 Å². The number of aliphatic hydroxyl groups is 1. The molecular formula is C14H18N2O4. The maximum Gasteiger partial charge on any atom is 0.268 e. The van der Waals surface area contributed by atoms with Crippen molar-refractivity contribution in [1.29, 1.82) is 0 Å². The third kappa shape index (κ3) is 2.60. The van der Waals surface area contributed by atoms with Gasteiger partial charge in [0.05, 0.1) is 12.3 Å². The third-order valence-corrected chi connectivity index (χ3v) is 3.26. The van der Waals surface area contributed by atoms with Crippen molar-refractivity contribution in [3.8, 4) is 5.75 Å². The van der Waals surface area contributed by atoms with E-state index in [1.165, 1.54) is 11.9 Å². The van der Waals surface area contributed by atoms with Crippen LogP contribution in [-0.4, -0.2) is 36.6 Å². The van der Waals surface area contributed by atoms with Crippen LogP contribution < -0.4 is 15.0 Å². The zero-order chi connectivity index (χ0) is 14.7. The van der Waals surface area contributed by atoms with Crippen LogP contribution in [0.1, 0.15) is 18.9 Å². The molecule has 6 heteroatoms. The first kappa shape index (κ1) is 14.3. The third-order valence-electron chi connectivity index (χ3n) is 3.26. The maximum atomic E-state index is 12.3. The van der Waals surface area contributed by atoms with Crippen molar-refractivity contribution >= 4 is 17.5 Å². The highest BCUT2D eigenvalue weighted by molar-refractivity contribution is 6.03. The molecule has 2 amide bonds. The molecule has 0 bridgehead atoms. The number of hydrogen-bond donors (Lipinski definition) is 2. The molecule has 108 valence electrons. The van der Waals surface area contributed by atoms with Gasteiger partial charge in [-0.05, 0) is 24.1 Å². The molecule has 1 unspecified atom stereocenters. The van der Waals surface area contributed by atoms with Gasteiger partial charge in [0.25, 0.3) is 5.91 Å². The smallest absolute Gasteiger partial charge is 0.268 e. The number of fused-ring (bicyclic) bond motifs is 1. The molecule has 1 aliphatic rings. The van der Waals surface area contributed by atoms with Gasteiger partial charge in [0.1, 0.15) is 12.3 Å². The van der Waals surface area contributed by atoms with Gasteiger partial charge in [-0.3, -0.25) is 14.5 Å². The van der Waals surface area contributed by atoms with Crippen molar-refractivity contribution in [2.45, 2.75) is 26.1 Å². The lowest BCUT2D eigenvalue weighted by Gasteiger charge is -2.33. The molecular weight excluding hydrogens is 260 g/mol. The Balaban J connectivity index is 2.41. The standard InChI is InChI=1S/C14H18N2O4/c1-3-11-14(19)16(7-13(18)15-2)10-6-9(8-17)4-5-12(10)20-11/h4-6,11,17H,3,7-8H2,1-2H3,(H,15,18). The minimum absolute atomic E-state index is 0.0585.